The molecule has 0 aromatic carbocycles. The lowest BCUT2D eigenvalue weighted by atomic mass is 10.1. The van der Waals surface area contributed by atoms with Crippen LogP contribution < -0.4 is 5.32 Å². The van der Waals surface area contributed by atoms with Crippen molar-refractivity contribution >= 4 is 16.4 Å². The first-order chi connectivity index (χ1) is 8.12. The highest BCUT2D eigenvalue weighted by Gasteiger charge is 2.09. The molecule has 0 radical (unpaired) electrons. The number of nitrogens with zero attached hydrogens (tertiary/aromatic N) is 2. The molecule has 0 aliphatic carbocycles. The molecule has 0 saturated heterocycles. The van der Waals surface area contributed by atoms with Gasteiger partial charge in [0.1, 0.15) is 6.34 Å². The van der Waals surface area contributed by atoms with Gasteiger partial charge in [-0.3, -0.25) is 0 Å². The predicted molar refractivity (Wildman–Crippen MR) is 77.6 cm³/mol. The fourth-order valence-electron chi connectivity index (χ4n) is 1.27. The third-order valence-corrected chi connectivity index (χ3v) is 3.39. The summed E-state index contributed by atoms with van der Waals surface area (Å²) in [6, 6.07) is 0. The fourth-order valence-corrected chi connectivity index (χ4v) is 2.27. The van der Waals surface area contributed by atoms with Crippen molar-refractivity contribution in [2.24, 2.45) is 4.40 Å². The van der Waals surface area contributed by atoms with Gasteiger partial charge in [0.05, 0.1) is 5.75 Å². The van der Waals surface area contributed by atoms with Crippen LogP contribution in [-0.2, 0) is 10.0 Å². The molecule has 0 fully saturated rings. The number of hydrogen-bond donors (Lipinski definition) is 1. The van der Waals surface area contributed by atoms with E-state index in [4.69, 9.17) is 0 Å². The van der Waals surface area contributed by atoms with Crippen LogP contribution in [0.2, 0.25) is 0 Å². The smallest absolute Gasteiger partial charge is 0.254 e. The molecule has 0 aromatic heterocycles. The summed E-state index contributed by atoms with van der Waals surface area (Å²) in [5, 5.41) is 3.37. The van der Waals surface area contributed by atoms with Gasteiger partial charge in [0, 0.05) is 19.6 Å². The molecule has 0 spiro atoms. The minimum Gasteiger partial charge on any atom is -0.368 e. The lowest BCUT2D eigenvalue weighted by molar-refractivity contribution is 0.418. The second kappa shape index (κ2) is 7.74. The first-order valence-corrected chi connectivity index (χ1v) is 7.93. The second-order valence-corrected chi connectivity index (χ2v) is 7.49. The third-order valence-electron chi connectivity index (χ3n) is 2.17. The van der Waals surface area contributed by atoms with Crippen molar-refractivity contribution in [3.63, 3.8) is 0 Å². The Kier molecular flexibility index (Phi) is 7.47. The summed E-state index contributed by atoms with van der Waals surface area (Å²) < 4.78 is 26.5. The highest BCUT2D eigenvalue weighted by atomic mass is 32.2. The molecule has 0 aliphatic rings. The van der Waals surface area contributed by atoms with Crippen LogP contribution in [0.3, 0.4) is 0 Å². The molecule has 1 N–H and O–H groups in total. The van der Waals surface area contributed by atoms with E-state index in [9.17, 15) is 8.42 Å². The van der Waals surface area contributed by atoms with Gasteiger partial charge in [0.25, 0.3) is 10.0 Å². The topological polar surface area (TPSA) is 61.8 Å². The Hall–Kier alpha value is -0.620. The molecule has 0 unspecified atom stereocenters. The number of rotatable bonds is 8. The zero-order valence-corrected chi connectivity index (χ0v) is 13.0. The van der Waals surface area contributed by atoms with Gasteiger partial charge in [-0.1, -0.05) is 6.42 Å². The maximum absolute atomic E-state index is 11.5. The van der Waals surface area contributed by atoms with Crippen molar-refractivity contribution in [1.82, 2.24) is 10.2 Å². The molecule has 0 saturated carbocycles. The first kappa shape index (κ1) is 17.4. The molecule has 0 bridgehead atoms. The molecule has 5 nitrogen and oxygen atoms in total. The van der Waals surface area contributed by atoms with Crippen LogP contribution in [-0.4, -0.2) is 51.6 Å². The van der Waals surface area contributed by atoms with Gasteiger partial charge >= 0.3 is 0 Å². The molecule has 108 valence electrons. The molecule has 0 rings (SSSR count). The molecule has 18 heavy (non-hydrogen) atoms. The van der Waals surface area contributed by atoms with E-state index in [2.05, 4.69) is 30.5 Å². The van der Waals surface area contributed by atoms with Crippen molar-refractivity contribution in [1.29, 1.82) is 0 Å². The lowest BCUT2D eigenvalue weighted by Gasteiger charge is -2.20. The highest BCUT2D eigenvalue weighted by molar-refractivity contribution is 7.90. The summed E-state index contributed by atoms with van der Waals surface area (Å²) >= 11 is 0. The van der Waals surface area contributed by atoms with Gasteiger partial charge in [-0.25, -0.2) is 8.42 Å². The number of nitrogens with one attached hydrogen (secondary N) is 1. The van der Waals surface area contributed by atoms with E-state index in [0.717, 1.165) is 19.4 Å². The van der Waals surface area contributed by atoms with Gasteiger partial charge < -0.3 is 10.2 Å². The zero-order chi connectivity index (χ0) is 14.2. The minimum absolute atomic E-state index is 0.127. The van der Waals surface area contributed by atoms with Crippen LogP contribution in [0, 0.1) is 0 Å². The zero-order valence-electron chi connectivity index (χ0n) is 12.2. The lowest BCUT2D eigenvalue weighted by Crippen LogP contribution is -2.36. The third kappa shape index (κ3) is 11.9. The molecule has 0 atom stereocenters. The maximum Gasteiger partial charge on any atom is 0.254 e. The first-order valence-electron chi connectivity index (χ1n) is 6.32. The van der Waals surface area contributed by atoms with Gasteiger partial charge in [0.15, 0.2) is 0 Å². The van der Waals surface area contributed by atoms with E-state index in [0.29, 0.717) is 6.42 Å². The fraction of sp³-hybridized carbons (Fsp3) is 0.917. The number of unbranched alkanes of at least 4 members (excludes halogenated alkanes) is 2. The Morgan fingerprint density at radius 2 is 1.78 bits per heavy atom. The van der Waals surface area contributed by atoms with Crippen molar-refractivity contribution in [2.75, 3.05) is 26.4 Å². The summed E-state index contributed by atoms with van der Waals surface area (Å²) in [4.78, 5) is 1.62. The van der Waals surface area contributed by atoms with Crippen LogP contribution in [0.5, 0.6) is 0 Å². The molecular weight excluding hydrogens is 250 g/mol. The largest absolute Gasteiger partial charge is 0.368 e. The molecule has 0 aliphatic heterocycles. The highest BCUT2D eigenvalue weighted by Crippen LogP contribution is 2.03. The summed E-state index contributed by atoms with van der Waals surface area (Å²) in [7, 11) is 0.210. The van der Waals surface area contributed by atoms with Crippen molar-refractivity contribution in [3.8, 4) is 0 Å². The number of hydrogen-bond acceptors (Lipinski definition) is 3. The Bertz CT molecular complexity index is 343. The summed E-state index contributed by atoms with van der Waals surface area (Å²) in [5.41, 5.74) is 0.127. The van der Waals surface area contributed by atoms with Crippen LogP contribution in [0.15, 0.2) is 4.40 Å². The van der Waals surface area contributed by atoms with E-state index in [-0.39, 0.29) is 11.3 Å². The van der Waals surface area contributed by atoms with Gasteiger partial charge in [-0.05, 0) is 40.2 Å². The van der Waals surface area contributed by atoms with Crippen molar-refractivity contribution < 1.29 is 8.42 Å². The van der Waals surface area contributed by atoms with Crippen LogP contribution in [0.25, 0.3) is 0 Å². The molecule has 0 aromatic rings. The second-order valence-electron chi connectivity index (χ2n) is 5.71. The Labute approximate surface area is 112 Å². The summed E-state index contributed by atoms with van der Waals surface area (Å²) in [6.07, 6.45) is 3.89. The van der Waals surface area contributed by atoms with Gasteiger partial charge in [-0.2, -0.15) is 4.40 Å². The van der Waals surface area contributed by atoms with Gasteiger partial charge in [0.2, 0.25) is 0 Å². The molecule has 6 heteroatoms. The number of sulfonamides is 1. The van der Waals surface area contributed by atoms with Crippen LogP contribution in [0.1, 0.15) is 40.0 Å². The summed E-state index contributed by atoms with van der Waals surface area (Å²) in [6.45, 7) is 7.28. The average Bonchev–Trinajstić information content (AvgIpc) is 2.19. The van der Waals surface area contributed by atoms with E-state index in [1.54, 1.807) is 19.0 Å². The van der Waals surface area contributed by atoms with Gasteiger partial charge in [-0.15, -0.1) is 0 Å². The Balaban J connectivity index is 3.72. The summed E-state index contributed by atoms with van der Waals surface area (Å²) in [5.74, 6) is 0.132. The Morgan fingerprint density at radius 1 is 1.17 bits per heavy atom. The van der Waals surface area contributed by atoms with Crippen molar-refractivity contribution in [2.45, 2.75) is 45.6 Å². The monoisotopic (exact) mass is 277 g/mol. The van der Waals surface area contributed by atoms with Crippen LogP contribution >= 0.6 is 0 Å². The SMILES string of the molecule is CN(C)/C=N/S(=O)(=O)CCCCCNC(C)(C)C. The maximum atomic E-state index is 11.5. The average molecular weight is 277 g/mol. The molecule has 0 amide bonds. The van der Waals surface area contributed by atoms with Crippen LogP contribution in [0.4, 0.5) is 0 Å². The predicted octanol–water partition coefficient (Wildman–Crippen LogP) is 1.46. The van der Waals surface area contributed by atoms with E-state index < -0.39 is 10.0 Å². The van der Waals surface area contributed by atoms with E-state index >= 15 is 0 Å². The normalized spacial score (nSPS) is 13.2. The van der Waals surface area contributed by atoms with E-state index in [1.165, 1.54) is 6.34 Å². The standard InChI is InChI=1S/C12H27N3O2S/c1-12(2,3)13-9-7-6-8-10-18(16,17)14-11-15(4)5/h11,13H,6-10H2,1-5H3/b14-11+. The minimum atomic E-state index is -3.28. The Morgan fingerprint density at radius 3 is 2.28 bits per heavy atom. The van der Waals surface area contributed by atoms with E-state index in [1.807, 2.05) is 0 Å². The molecular formula is C12H27N3O2S. The molecule has 0 heterocycles. The van der Waals surface area contributed by atoms with Crippen molar-refractivity contribution in [3.05, 3.63) is 0 Å². The quantitative estimate of drug-likeness (QED) is 0.414.